The molecule has 3 amide bonds. The molecule has 3 N–H and O–H groups in total. The van der Waals surface area contributed by atoms with Crippen molar-refractivity contribution in [1.29, 1.82) is 0 Å². The summed E-state index contributed by atoms with van der Waals surface area (Å²) < 4.78 is 5.24. The Morgan fingerprint density at radius 2 is 1.84 bits per heavy atom. The molecule has 0 aliphatic carbocycles. The predicted octanol–water partition coefficient (Wildman–Crippen LogP) is 2.10. The van der Waals surface area contributed by atoms with Crippen molar-refractivity contribution < 1.29 is 24.0 Å². The van der Waals surface area contributed by atoms with Crippen LogP contribution in [0.1, 0.15) is 32.8 Å². The maximum Gasteiger partial charge on any atom is 0.408 e. The number of carbonyl (C=O) groups excluding carboxylic acids is 3. The molecule has 1 aromatic carbocycles. The molecule has 0 radical (unpaired) electrons. The quantitative estimate of drug-likeness (QED) is 0.407. The van der Waals surface area contributed by atoms with Crippen LogP contribution in [0.4, 0.5) is 10.5 Å². The topological polar surface area (TPSA) is 145 Å². The van der Waals surface area contributed by atoms with Crippen molar-refractivity contribution in [3.63, 3.8) is 0 Å². The van der Waals surface area contributed by atoms with Crippen LogP contribution in [0.3, 0.4) is 0 Å². The molecule has 1 aromatic rings. The fourth-order valence-electron chi connectivity index (χ4n) is 2.75. The molecule has 11 heteroatoms. The molecule has 10 nitrogen and oxygen atoms in total. The number of benzene rings is 1. The fraction of sp³-hybridized carbons (Fsp3) is 0.550. The summed E-state index contributed by atoms with van der Waals surface area (Å²) in [5.41, 5.74) is 5.33. The van der Waals surface area contributed by atoms with Crippen LogP contribution in [0, 0.1) is 10.1 Å². The van der Waals surface area contributed by atoms with Crippen molar-refractivity contribution in [1.82, 2.24) is 10.2 Å². The summed E-state index contributed by atoms with van der Waals surface area (Å²) in [7, 11) is 1.44. The zero-order chi connectivity index (χ0) is 23.8. The number of ether oxygens (including phenoxy) is 1. The van der Waals surface area contributed by atoms with E-state index in [1.54, 1.807) is 20.8 Å². The Kier molecular flexibility index (Phi) is 9.76. The lowest BCUT2D eigenvalue weighted by Gasteiger charge is -2.30. The summed E-state index contributed by atoms with van der Waals surface area (Å²) in [5, 5.41) is 13.4. The minimum absolute atomic E-state index is 0.0806. The molecule has 31 heavy (non-hydrogen) atoms. The highest BCUT2D eigenvalue weighted by atomic mass is 32.2. The van der Waals surface area contributed by atoms with Gasteiger partial charge in [0, 0.05) is 25.6 Å². The molecule has 0 heterocycles. The molecule has 172 valence electrons. The average molecular weight is 455 g/mol. The molecule has 0 saturated heterocycles. The van der Waals surface area contributed by atoms with E-state index in [1.165, 1.54) is 48.0 Å². The van der Waals surface area contributed by atoms with Crippen molar-refractivity contribution in [2.24, 2.45) is 5.73 Å². The summed E-state index contributed by atoms with van der Waals surface area (Å²) in [4.78, 5) is 48.8. The number of amides is 3. The van der Waals surface area contributed by atoms with Crippen molar-refractivity contribution in [2.75, 3.05) is 19.1 Å². The summed E-state index contributed by atoms with van der Waals surface area (Å²) in [6.45, 7) is 5.14. The minimum Gasteiger partial charge on any atom is -0.444 e. The van der Waals surface area contributed by atoms with Crippen LogP contribution >= 0.6 is 11.8 Å². The van der Waals surface area contributed by atoms with Gasteiger partial charge in [0.2, 0.25) is 11.8 Å². The molecule has 0 saturated carbocycles. The Bertz CT molecular complexity index is 794. The lowest BCUT2D eigenvalue weighted by Crippen LogP contribution is -2.54. The van der Waals surface area contributed by atoms with Crippen LogP contribution in [0.2, 0.25) is 0 Å². The van der Waals surface area contributed by atoms with Gasteiger partial charge in [-0.3, -0.25) is 19.7 Å². The van der Waals surface area contributed by atoms with Crippen LogP contribution in [-0.4, -0.2) is 64.5 Å². The van der Waals surface area contributed by atoms with E-state index in [9.17, 15) is 24.5 Å². The second-order valence-corrected chi connectivity index (χ2v) is 8.96. The van der Waals surface area contributed by atoms with E-state index in [4.69, 9.17) is 10.5 Å². The van der Waals surface area contributed by atoms with Crippen LogP contribution in [0.5, 0.6) is 0 Å². The normalized spacial score (nSPS) is 13.1. The van der Waals surface area contributed by atoms with E-state index in [1.807, 2.05) is 6.26 Å². The van der Waals surface area contributed by atoms with Gasteiger partial charge in [0.1, 0.15) is 17.7 Å². The highest BCUT2D eigenvalue weighted by Crippen LogP contribution is 2.16. The molecule has 2 atom stereocenters. The standard InChI is InChI=1S/C20H30N4O6S/c1-20(2,3)30-19(27)22-15(10-11-31-5)18(26)23(4)16(17(21)25)12-13-6-8-14(9-7-13)24(28)29/h6-9,15-16H,10-12H2,1-5H3,(H2,21,25)(H,22,27)/t15-,16-/m0/s1. The first-order valence-electron chi connectivity index (χ1n) is 9.63. The number of alkyl carbamates (subject to hydrolysis) is 1. The van der Waals surface area contributed by atoms with Crippen molar-refractivity contribution >= 4 is 35.4 Å². The Balaban J connectivity index is 2.99. The lowest BCUT2D eigenvalue weighted by molar-refractivity contribution is -0.384. The number of nitrogens with zero attached hydrogens (tertiary/aromatic N) is 2. The Morgan fingerprint density at radius 1 is 1.26 bits per heavy atom. The van der Waals surface area contributed by atoms with Crippen LogP contribution in [-0.2, 0) is 20.7 Å². The van der Waals surface area contributed by atoms with E-state index < -0.39 is 40.5 Å². The number of carbonyl (C=O) groups is 3. The zero-order valence-electron chi connectivity index (χ0n) is 18.4. The van der Waals surface area contributed by atoms with Gasteiger partial charge in [-0.05, 0) is 44.8 Å². The smallest absolute Gasteiger partial charge is 0.408 e. The Labute approximate surface area is 186 Å². The summed E-state index contributed by atoms with van der Waals surface area (Å²) in [6.07, 6.45) is 1.56. The number of nitrogens with two attached hydrogens (primary N) is 1. The van der Waals surface area contributed by atoms with Crippen molar-refractivity contribution in [2.45, 2.75) is 51.3 Å². The van der Waals surface area contributed by atoms with Gasteiger partial charge >= 0.3 is 6.09 Å². The Morgan fingerprint density at radius 3 is 2.29 bits per heavy atom. The van der Waals surface area contributed by atoms with Crippen molar-refractivity contribution in [3.05, 3.63) is 39.9 Å². The van der Waals surface area contributed by atoms with Gasteiger partial charge in [-0.15, -0.1) is 0 Å². The second-order valence-electron chi connectivity index (χ2n) is 7.98. The molecule has 0 unspecified atom stereocenters. The molecule has 1 rings (SSSR count). The second kappa shape index (κ2) is 11.5. The fourth-order valence-corrected chi connectivity index (χ4v) is 3.22. The molecule has 0 aliphatic heterocycles. The SMILES string of the molecule is CSCC[C@H](NC(=O)OC(C)(C)C)C(=O)N(C)[C@@H](Cc1ccc([N+](=O)[O-])cc1)C(N)=O. The molecule has 0 bridgehead atoms. The average Bonchev–Trinajstić information content (AvgIpc) is 2.66. The first-order chi connectivity index (χ1) is 14.4. The van der Waals surface area contributed by atoms with Gasteiger partial charge < -0.3 is 20.7 Å². The largest absolute Gasteiger partial charge is 0.444 e. The van der Waals surface area contributed by atoms with E-state index in [-0.39, 0.29) is 12.1 Å². The highest BCUT2D eigenvalue weighted by molar-refractivity contribution is 7.98. The highest BCUT2D eigenvalue weighted by Gasteiger charge is 2.32. The molecular weight excluding hydrogens is 424 g/mol. The number of likely N-dealkylation sites (N-methyl/N-ethyl adjacent to an activating group) is 1. The van der Waals surface area contributed by atoms with E-state index in [2.05, 4.69) is 5.32 Å². The molecule has 0 aromatic heterocycles. The van der Waals surface area contributed by atoms with E-state index in [0.717, 1.165) is 0 Å². The Hall–Kier alpha value is -2.82. The number of rotatable bonds is 10. The first kappa shape index (κ1) is 26.2. The van der Waals surface area contributed by atoms with Gasteiger partial charge in [-0.1, -0.05) is 12.1 Å². The monoisotopic (exact) mass is 454 g/mol. The number of nitrogens with one attached hydrogen (secondary N) is 1. The van der Waals surface area contributed by atoms with Gasteiger partial charge in [0.25, 0.3) is 5.69 Å². The minimum atomic E-state index is -0.994. The number of nitro groups is 1. The molecular formula is C20H30N4O6S. The molecule has 0 spiro atoms. The number of nitro benzene ring substituents is 1. The van der Waals surface area contributed by atoms with Gasteiger partial charge in [-0.2, -0.15) is 11.8 Å². The van der Waals surface area contributed by atoms with Crippen LogP contribution in [0.25, 0.3) is 0 Å². The zero-order valence-corrected chi connectivity index (χ0v) is 19.2. The first-order valence-corrected chi connectivity index (χ1v) is 11.0. The number of non-ortho nitro benzene ring substituents is 1. The summed E-state index contributed by atoms with van der Waals surface area (Å²) >= 11 is 1.51. The summed E-state index contributed by atoms with van der Waals surface area (Å²) in [6, 6.07) is 3.77. The van der Waals surface area contributed by atoms with Gasteiger partial charge in [0.15, 0.2) is 0 Å². The van der Waals surface area contributed by atoms with Gasteiger partial charge in [-0.25, -0.2) is 4.79 Å². The third-order valence-electron chi connectivity index (χ3n) is 4.32. The maximum absolute atomic E-state index is 13.1. The molecule has 0 aliphatic rings. The number of primary amides is 1. The molecule has 0 fully saturated rings. The summed E-state index contributed by atoms with van der Waals surface area (Å²) in [5.74, 6) is -0.607. The lowest BCUT2D eigenvalue weighted by atomic mass is 10.0. The van der Waals surface area contributed by atoms with Crippen LogP contribution in [0.15, 0.2) is 24.3 Å². The van der Waals surface area contributed by atoms with E-state index in [0.29, 0.717) is 17.7 Å². The predicted molar refractivity (Wildman–Crippen MR) is 119 cm³/mol. The van der Waals surface area contributed by atoms with Crippen molar-refractivity contribution in [3.8, 4) is 0 Å². The number of hydrogen-bond donors (Lipinski definition) is 2. The van der Waals surface area contributed by atoms with Gasteiger partial charge in [0.05, 0.1) is 4.92 Å². The number of hydrogen-bond acceptors (Lipinski definition) is 7. The third-order valence-corrected chi connectivity index (χ3v) is 4.96. The maximum atomic E-state index is 13.1. The third kappa shape index (κ3) is 8.83. The number of thioether (sulfide) groups is 1. The van der Waals surface area contributed by atoms with E-state index >= 15 is 0 Å². The van der Waals surface area contributed by atoms with Crippen LogP contribution < -0.4 is 11.1 Å².